The normalized spacial score (nSPS) is 10.6. The Morgan fingerprint density at radius 2 is 1.89 bits per heavy atom. The number of carbonyl (C=O) groups is 2. The lowest BCUT2D eigenvalue weighted by Gasteiger charge is -2.10. The topological polar surface area (TPSA) is 133 Å². The molecule has 2 amide bonds. The van der Waals surface area contributed by atoms with E-state index < -0.39 is 34.8 Å². The van der Waals surface area contributed by atoms with Gasteiger partial charge in [0.1, 0.15) is 5.82 Å². The van der Waals surface area contributed by atoms with Gasteiger partial charge < -0.3 is 15.5 Å². The van der Waals surface area contributed by atoms with Crippen LogP contribution in [0.1, 0.15) is 16.1 Å². The van der Waals surface area contributed by atoms with Crippen LogP contribution in [0.5, 0.6) is 5.75 Å². The van der Waals surface area contributed by atoms with Gasteiger partial charge in [0, 0.05) is 12.7 Å². The van der Waals surface area contributed by atoms with Gasteiger partial charge in [0.25, 0.3) is 5.91 Å². The average Bonchev–Trinajstić information content (AvgIpc) is 2.64. The molecule has 27 heavy (non-hydrogen) atoms. The number of aromatic nitrogens is 2. The summed E-state index contributed by atoms with van der Waals surface area (Å²) in [6.07, 6.45) is -0.106. The summed E-state index contributed by atoms with van der Waals surface area (Å²) in [5.41, 5.74) is -1.07. The summed E-state index contributed by atoms with van der Waals surface area (Å²) >= 11 is 0. The van der Waals surface area contributed by atoms with E-state index in [4.69, 9.17) is 5.11 Å². The number of rotatable bonds is 4. The molecule has 9 nitrogen and oxygen atoms in total. The highest BCUT2D eigenvalue weighted by molar-refractivity contribution is 5.96. The van der Waals surface area contributed by atoms with Crippen molar-refractivity contribution in [3.05, 3.63) is 70.0 Å². The summed E-state index contributed by atoms with van der Waals surface area (Å²) < 4.78 is 13.8. The molecule has 10 heteroatoms. The van der Waals surface area contributed by atoms with Crippen LogP contribution in [0.15, 0.2) is 47.4 Å². The van der Waals surface area contributed by atoms with E-state index in [0.29, 0.717) is 5.56 Å². The first-order valence-electron chi connectivity index (χ1n) is 7.64. The predicted molar refractivity (Wildman–Crippen MR) is 92.3 cm³/mol. The minimum Gasteiger partial charge on any atom is -0.501 e. The van der Waals surface area contributed by atoms with Crippen LogP contribution in [0.2, 0.25) is 0 Å². The summed E-state index contributed by atoms with van der Waals surface area (Å²) in [6, 6.07) is 8.12. The van der Waals surface area contributed by atoms with Crippen molar-refractivity contribution in [3.8, 4) is 5.75 Å². The van der Waals surface area contributed by atoms with Crippen molar-refractivity contribution >= 4 is 23.3 Å². The molecule has 2 aromatic heterocycles. The molecule has 138 valence electrons. The lowest BCUT2D eigenvalue weighted by atomic mass is 10.2. The van der Waals surface area contributed by atoms with E-state index in [-0.39, 0.29) is 17.9 Å². The molecule has 0 bridgehead atoms. The number of halogens is 1. The molecule has 2 heterocycles. The Labute approximate surface area is 150 Å². The number of pyridine rings is 1. The van der Waals surface area contributed by atoms with Crippen molar-refractivity contribution in [3.63, 3.8) is 0 Å². The molecule has 3 aromatic rings. The van der Waals surface area contributed by atoms with Crippen molar-refractivity contribution < 1.29 is 24.2 Å². The Kier molecular flexibility index (Phi) is 4.71. The molecule has 0 aliphatic heterocycles. The number of amides is 2. The Morgan fingerprint density at radius 3 is 2.56 bits per heavy atom. The number of aromatic hydroxyl groups is 1. The van der Waals surface area contributed by atoms with E-state index in [9.17, 15) is 23.9 Å². The first-order valence-corrected chi connectivity index (χ1v) is 7.64. The van der Waals surface area contributed by atoms with Crippen molar-refractivity contribution in [1.29, 1.82) is 0 Å². The fraction of sp³-hybridized carbons (Fsp3) is 0.0588. The lowest BCUT2D eigenvalue weighted by molar-refractivity contribution is 0.0942. The van der Waals surface area contributed by atoms with Gasteiger partial charge in [-0.3, -0.25) is 19.3 Å². The van der Waals surface area contributed by atoms with Crippen LogP contribution in [0, 0.1) is 5.82 Å². The number of nitrogens with one attached hydrogen (secondary N) is 2. The van der Waals surface area contributed by atoms with E-state index in [1.165, 1.54) is 42.6 Å². The third-order valence-electron chi connectivity index (χ3n) is 3.65. The highest BCUT2D eigenvalue weighted by Crippen LogP contribution is 2.17. The summed E-state index contributed by atoms with van der Waals surface area (Å²) in [4.78, 5) is 39.4. The Bertz CT molecular complexity index is 1090. The average molecular weight is 372 g/mol. The number of benzene rings is 1. The van der Waals surface area contributed by atoms with Crippen molar-refractivity contribution in [2.45, 2.75) is 6.54 Å². The van der Waals surface area contributed by atoms with Gasteiger partial charge in [-0.1, -0.05) is 12.1 Å². The van der Waals surface area contributed by atoms with Gasteiger partial charge in [0.2, 0.25) is 5.75 Å². The molecule has 0 unspecified atom stereocenters. The smallest absolute Gasteiger partial charge is 0.409 e. The van der Waals surface area contributed by atoms with Crippen LogP contribution in [0.25, 0.3) is 5.65 Å². The summed E-state index contributed by atoms with van der Waals surface area (Å²) in [7, 11) is 0. The lowest BCUT2D eigenvalue weighted by Crippen LogP contribution is -2.28. The maximum Gasteiger partial charge on any atom is 0.409 e. The zero-order chi connectivity index (χ0) is 19.6. The summed E-state index contributed by atoms with van der Waals surface area (Å²) in [6.45, 7) is 0.00856. The van der Waals surface area contributed by atoms with E-state index in [2.05, 4.69) is 15.6 Å². The van der Waals surface area contributed by atoms with Crippen LogP contribution in [-0.2, 0) is 6.54 Å². The van der Waals surface area contributed by atoms with Crippen LogP contribution in [-0.4, -0.2) is 31.6 Å². The van der Waals surface area contributed by atoms with Gasteiger partial charge in [0.15, 0.2) is 11.3 Å². The second-order valence-electron chi connectivity index (χ2n) is 5.47. The Hall–Kier alpha value is -3.95. The number of hydrogen-bond donors (Lipinski definition) is 4. The number of nitrogens with zero attached hydrogens (tertiary/aromatic N) is 2. The van der Waals surface area contributed by atoms with Crippen LogP contribution in [0.3, 0.4) is 0 Å². The molecule has 1 aromatic carbocycles. The number of hydrogen-bond acceptors (Lipinski definition) is 5. The highest BCUT2D eigenvalue weighted by Gasteiger charge is 2.20. The van der Waals surface area contributed by atoms with Crippen LogP contribution in [0.4, 0.5) is 14.9 Å². The highest BCUT2D eigenvalue weighted by atomic mass is 19.1. The zero-order valence-corrected chi connectivity index (χ0v) is 13.6. The van der Waals surface area contributed by atoms with E-state index >= 15 is 0 Å². The quantitative estimate of drug-likeness (QED) is 0.549. The molecule has 0 saturated heterocycles. The SMILES string of the molecule is O=C(O)Nc1cccn2c(=O)c(O)c(C(=O)NCc3ccc(F)cc3)nc12. The largest absolute Gasteiger partial charge is 0.501 e. The molecule has 0 aliphatic rings. The maximum absolute atomic E-state index is 12.9. The standard InChI is InChI=1S/C17H13FN4O5/c18-10-5-3-9(4-6-10)8-19-15(24)12-13(23)16(25)22-7-1-2-11(14(22)21-12)20-17(26)27/h1-7,20,23H,8H2,(H,19,24)(H,26,27). The van der Waals surface area contributed by atoms with Crippen molar-refractivity contribution in [1.82, 2.24) is 14.7 Å². The molecule has 3 rings (SSSR count). The summed E-state index contributed by atoms with van der Waals surface area (Å²) in [5.74, 6) is -2.15. The molecular weight excluding hydrogens is 359 g/mol. The molecule has 0 atom stereocenters. The minimum absolute atomic E-state index is 0.00856. The van der Waals surface area contributed by atoms with Gasteiger partial charge in [-0.15, -0.1) is 0 Å². The summed E-state index contributed by atoms with van der Waals surface area (Å²) in [5, 5.41) is 23.4. The molecule has 4 N–H and O–H groups in total. The van der Waals surface area contributed by atoms with Gasteiger partial charge >= 0.3 is 11.7 Å². The second kappa shape index (κ2) is 7.12. The third kappa shape index (κ3) is 3.68. The van der Waals surface area contributed by atoms with Crippen LogP contribution >= 0.6 is 0 Å². The molecule has 0 aliphatic carbocycles. The second-order valence-corrected chi connectivity index (χ2v) is 5.47. The van der Waals surface area contributed by atoms with Crippen molar-refractivity contribution in [2.24, 2.45) is 0 Å². The van der Waals surface area contributed by atoms with Gasteiger partial charge in [-0.05, 0) is 29.8 Å². The molecular formula is C17H13FN4O5. The predicted octanol–water partition coefficient (Wildman–Crippen LogP) is 1.56. The molecule has 0 radical (unpaired) electrons. The monoisotopic (exact) mass is 372 g/mol. The van der Waals surface area contributed by atoms with Gasteiger partial charge in [-0.2, -0.15) is 0 Å². The first kappa shape index (κ1) is 17.9. The number of carbonyl (C=O) groups excluding carboxylic acids is 1. The Morgan fingerprint density at radius 1 is 1.19 bits per heavy atom. The first-order chi connectivity index (χ1) is 12.9. The fourth-order valence-corrected chi connectivity index (χ4v) is 2.39. The molecule has 0 saturated carbocycles. The zero-order valence-electron chi connectivity index (χ0n) is 13.6. The van der Waals surface area contributed by atoms with Gasteiger partial charge in [-0.25, -0.2) is 14.2 Å². The Balaban J connectivity index is 1.96. The third-order valence-corrected chi connectivity index (χ3v) is 3.65. The van der Waals surface area contributed by atoms with Crippen LogP contribution < -0.4 is 16.2 Å². The molecule has 0 fully saturated rings. The van der Waals surface area contributed by atoms with Crippen molar-refractivity contribution in [2.75, 3.05) is 5.32 Å². The number of fused-ring (bicyclic) bond motifs is 1. The van der Waals surface area contributed by atoms with E-state index in [1.54, 1.807) is 0 Å². The van der Waals surface area contributed by atoms with E-state index in [1.807, 2.05) is 0 Å². The number of carboxylic acid groups (broad SMARTS) is 1. The minimum atomic E-state index is -1.38. The number of anilines is 1. The van der Waals surface area contributed by atoms with Gasteiger partial charge in [0.05, 0.1) is 5.69 Å². The fourth-order valence-electron chi connectivity index (χ4n) is 2.39. The van der Waals surface area contributed by atoms with E-state index in [0.717, 1.165) is 4.40 Å². The molecule has 0 spiro atoms. The maximum atomic E-state index is 12.9.